The smallest absolute Gasteiger partial charge is 0.335 e. The molecule has 1 aromatic carbocycles. The van der Waals surface area contributed by atoms with Crippen molar-refractivity contribution in [3.05, 3.63) is 33.9 Å². The fraction of sp³-hybridized carbons (Fsp3) is 0.417. The second-order valence-corrected chi connectivity index (χ2v) is 4.21. The van der Waals surface area contributed by atoms with E-state index in [1.807, 2.05) is 0 Å². The molecule has 19 heavy (non-hydrogen) atoms. The van der Waals surface area contributed by atoms with Crippen LogP contribution < -0.4 is 5.32 Å². The van der Waals surface area contributed by atoms with Gasteiger partial charge in [-0.2, -0.15) is 0 Å². The van der Waals surface area contributed by atoms with Crippen LogP contribution in [0.25, 0.3) is 0 Å². The number of carbonyl (C=O) groups is 1. The number of nitrogens with one attached hydrogen (secondary N) is 1. The van der Waals surface area contributed by atoms with E-state index in [1.54, 1.807) is 6.92 Å². The van der Waals surface area contributed by atoms with Crippen LogP contribution in [0.5, 0.6) is 0 Å². The second kappa shape index (κ2) is 6.69. The summed E-state index contributed by atoms with van der Waals surface area (Å²) in [6.45, 7) is 2.14. The van der Waals surface area contributed by atoms with Crippen LogP contribution in [0.15, 0.2) is 18.2 Å². The molecule has 7 heteroatoms. The van der Waals surface area contributed by atoms with E-state index in [9.17, 15) is 14.9 Å². The number of nitro benzene ring substituents is 1. The first-order chi connectivity index (χ1) is 8.91. The molecule has 7 nitrogen and oxygen atoms in total. The fourth-order valence-corrected chi connectivity index (χ4v) is 1.59. The van der Waals surface area contributed by atoms with E-state index >= 15 is 0 Å². The highest BCUT2D eigenvalue weighted by Crippen LogP contribution is 2.25. The molecule has 0 spiro atoms. The Bertz CT molecular complexity index is 473. The number of anilines is 1. The van der Waals surface area contributed by atoms with Gasteiger partial charge in [-0.25, -0.2) is 4.79 Å². The molecule has 0 aromatic heterocycles. The van der Waals surface area contributed by atoms with E-state index in [2.05, 4.69) is 5.32 Å². The Hall–Kier alpha value is -2.15. The van der Waals surface area contributed by atoms with Gasteiger partial charge >= 0.3 is 5.97 Å². The van der Waals surface area contributed by atoms with E-state index in [-0.39, 0.29) is 16.9 Å². The first kappa shape index (κ1) is 14.9. The summed E-state index contributed by atoms with van der Waals surface area (Å²) in [5.74, 6) is -1.20. The molecule has 1 aromatic rings. The predicted octanol–water partition coefficient (Wildman–Crippen LogP) is 1.87. The predicted molar refractivity (Wildman–Crippen MR) is 69.5 cm³/mol. The van der Waals surface area contributed by atoms with Gasteiger partial charge < -0.3 is 15.5 Å². The van der Waals surface area contributed by atoms with Crippen molar-refractivity contribution in [1.82, 2.24) is 0 Å². The SMILES string of the molecule is CC(O)CCCNc1ccc(C(=O)O)cc1[N+](=O)[O-]. The maximum Gasteiger partial charge on any atom is 0.335 e. The number of carboxylic acid groups (broad SMARTS) is 1. The lowest BCUT2D eigenvalue weighted by Gasteiger charge is -2.08. The lowest BCUT2D eigenvalue weighted by Crippen LogP contribution is -2.08. The lowest BCUT2D eigenvalue weighted by molar-refractivity contribution is -0.384. The van der Waals surface area contributed by atoms with Gasteiger partial charge in [0.2, 0.25) is 0 Å². The maximum atomic E-state index is 10.9. The number of carboxylic acids is 1. The van der Waals surface area contributed by atoms with E-state index in [1.165, 1.54) is 12.1 Å². The van der Waals surface area contributed by atoms with Gasteiger partial charge in [0, 0.05) is 12.6 Å². The van der Waals surface area contributed by atoms with E-state index < -0.39 is 17.0 Å². The van der Waals surface area contributed by atoms with Crippen LogP contribution >= 0.6 is 0 Å². The summed E-state index contributed by atoms with van der Waals surface area (Å²) < 4.78 is 0. The van der Waals surface area contributed by atoms with Crippen molar-refractivity contribution in [2.24, 2.45) is 0 Å². The number of rotatable bonds is 7. The molecule has 0 radical (unpaired) electrons. The maximum absolute atomic E-state index is 10.9. The highest BCUT2D eigenvalue weighted by atomic mass is 16.6. The summed E-state index contributed by atoms with van der Waals surface area (Å²) in [5.41, 5.74) is -0.112. The van der Waals surface area contributed by atoms with E-state index in [0.717, 1.165) is 6.07 Å². The molecule has 104 valence electrons. The topological polar surface area (TPSA) is 113 Å². The van der Waals surface area contributed by atoms with Crippen molar-refractivity contribution in [1.29, 1.82) is 0 Å². The summed E-state index contributed by atoms with van der Waals surface area (Å²) >= 11 is 0. The quantitative estimate of drug-likeness (QED) is 0.395. The summed E-state index contributed by atoms with van der Waals surface area (Å²) in [5, 5.41) is 31.6. The van der Waals surface area contributed by atoms with Crippen LogP contribution in [0.4, 0.5) is 11.4 Å². The summed E-state index contributed by atoms with van der Waals surface area (Å²) in [7, 11) is 0. The van der Waals surface area contributed by atoms with Crippen LogP contribution in [0.3, 0.4) is 0 Å². The van der Waals surface area contributed by atoms with Gasteiger partial charge in [0.25, 0.3) is 5.69 Å². The Kier molecular flexibility index (Phi) is 5.25. The van der Waals surface area contributed by atoms with Crippen molar-refractivity contribution < 1.29 is 19.9 Å². The van der Waals surface area contributed by atoms with Gasteiger partial charge in [0.1, 0.15) is 5.69 Å². The third kappa shape index (κ3) is 4.55. The zero-order valence-electron chi connectivity index (χ0n) is 10.5. The van der Waals surface area contributed by atoms with Crippen LogP contribution in [0.1, 0.15) is 30.1 Å². The molecule has 1 atom stereocenters. The number of nitro groups is 1. The third-order valence-electron chi connectivity index (χ3n) is 2.56. The zero-order chi connectivity index (χ0) is 14.4. The van der Waals surface area contributed by atoms with Gasteiger partial charge in [0.05, 0.1) is 16.6 Å². The number of aliphatic hydroxyl groups excluding tert-OH is 1. The van der Waals surface area contributed by atoms with Crippen molar-refractivity contribution in [3.8, 4) is 0 Å². The number of aromatic carboxylic acids is 1. The number of nitrogens with zero attached hydrogens (tertiary/aromatic N) is 1. The standard InChI is InChI=1S/C12H16N2O5/c1-8(15)3-2-6-13-10-5-4-9(12(16)17)7-11(10)14(18)19/h4-5,7-8,13,15H,2-3,6H2,1H3,(H,16,17). The van der Waals surface area contributed by atoms with Gasteiger partial charge in [-0.15, -0.1) is 0 Å². The Balaban J connectivity index is 2.77. The summed E-state index contributed by atoms with van der Waals surface area (Å²) in [6.07, 6.45) is 0.843. The second-order valence-electron chi connectivity index (χ2n) is 4.21. The number of hydrogen-bond donors (Lipinski definition) is 3. The van der Waals surface area contributed by atoms with Gasteiger partial charge in [-0.3, -0.25) is 10.1 Å². The van der Waals surface area contributed by atoms with Gasteiger partial charge in [-0.05, 0) is 31.9 Å². The largest absolute Gasteiger partial charge is 0.478 e. The average molecular weight is 268 g/mol. The molecule has 0 aliphatic carbocycles. The van der Waals surface area contributed by atoms with Crippen molar-refractivity contribution in [2.45, 2.75) is 25.9 Å². The van der Waals surface area contributed by atoms with Crippen LogP contribution in [0.2, 0.25) is 0 Å². The Morgan fingerprint density at radius 2 is 2.21 bits per heavy atom. The van der Waals surface area contributed by atoms with Gasteiger partial charge in [-0.1, -0.05) is 0 Å². The highest BCUT2D eigenvalue weighted by Gasteiger charge is 2.16. The highest BCUT2D eigenvalue weighted by molar-refractivity contribution is 5.89. The van der Waals surface area contributed by atoms with Crippen molar-refractivity contribution >= 4 is 17.3 Å². The first-order valence-electron chi connectivity index (χ1n) is 5.85. The summed E-state index contributed by atoms with van der Waals surface area (Å²) in [4.78, 5) is 21.0. The molecule has 0 bridgehead atoms. The molecule has 0 amide bonds. The molecule has 0 fully saturated rings. The van der Waals surface area contributed by atoms with Crippen LogP contribution in [-0.4, -0.2) is 33.8 Å². The molecule has 0 saturated carbocycles. The van der Waals surface area contributed by atoms with Gasteiger partial charge in [0.15, 0.2) is 0 Å². The minimum absolute atomic E-state index is 0.124. The molecule has 1 unspecified atom stereocenters. The summed E-state index contributed by atoms with van der Waals surface area (Å²) in [6, 6.07) is 3.72. The fourth-order valence-electron chi connectivity index (χ4n) is 1.59. The Morgan fingerprint density at radius 3 is 2.74 bits per heavy atom. The number of aliphatic hydroxyl groups is 1. The molecule has 0 heterocycles. The molecule has 0 aliphatic rings. The average Bonchev–Trinajstić information content (AvgIpc) is 2.34. The molecule has 3 N–H and O–H groups in total. The van der Waals surface area contributed by atoms with Crippen molar-refractivity contribution in [3.63, 3.8) is 0 Å². The molecular weight excluding hydrogens is 252 g/mol. The first-order valence-corrected chi connectivity index (χ1v) is 5.85. The van der Waals surface area contributed by atoms with Crippen molar-refractivity contribution in [2.75, 3.05) is 11.9 Å². The number of benzene rings is 1. The van der Waals surface area contributed by atoms with Crippen LogP contribution in [-0.2, 0) is 0 Å². The lowest BCUT2D eigenvalue weighted by atomic mass is 10.1. The number of hydrogen-bond acceptors (Lipinski definition) is 5. The molecule has 0 saturated heterocycles. The van der Waals surface area contributed by atoms with Crippen LogP contribution in [0, 0.1) is 10.1 Å². The Labute approximate surface area is 110 Å². The van der Waals surface area contributed by atoms with E-state index in [4.69, 9.17) is 10.2 Å². The normalized spacial score (nSPS) is 11.9. The Morgan fingerprint density at radius 1 is 1.53 bits per heavy atom. The minimum atomic E-state index is -1.20. The van der Waals surface area contributed by atoms with E-state index in [0.29, 0.717) is 19.4 Å². The molecule has 0 aliphatic heterocycles. The molecule has 1 rings (SSSR count). The molecular formula is C12H16N2O5. The minimum Gasteiger partial charge on any atom is -0.478 e. The monoisotopic (exact) mass is 268 g/mol. The zero-order valence-corrected chi connectivity index (χ0v) is 10.5. The third-order valence-corrected chi connectivity index (χ3v) is 2.56.